The third-order valence-corrected chi connectivity index (χ3v) is 8.55. The van der Waals surface area contributed by atoms with Crippen LogP contribution < -0.4 is 20.9 Å². The van der Waals surface area contributed by atoms with E-state index in [4.69, 9.17) is 0 Å². The first-order chi connectivity index (χ1) is 16.2. The van der Waals surface area contributed by atoms with Crippen molar-refractivity contribution < 1.29 is 18.8 Å². The van der Waals surface area contributed by atoms with Crippen molar-refractivity contribution in [3.8, 4) is 17.0 Å². The number of hydrogen-bond donors (Lipinski definition) is 4. The summed E-state index contributed by atoms with van der Waals surface area (Å²) in [5.74, 6) is -0.275. The van der Waals surface area contributed by atoms with Gasteiger partial charge in [0.2, 0.25) is 0 Å². The third kappa shape index (κ3) is 4.22. The van der Waals surface area contributed by atoms with Crippen LogP contribution in [0.15, 0.2) is 44.6 Å². The van der Waals surface area contributed by atoms with Crippen LogP contribution in [-0.4, -0.2) is 36.1 Å². The predicted octanol–water partition coefficient (Wildman–Crippen LogP) is 2.87. The third-order valence-electron chi connectivity index (χ3n) is 5.88. The van der Waals surface area contributed by atoms with E-state index < -0.39 is 29.8 Å². The Balaban J connectivity index is 1.64. The van der Waals surface area contributed by atoms with E-state index in [1.165, 1.54) is 34.4 Å². The molecule has 3 heterocycles. The van der Waals surface area contributed by atoms with Crippen molar-refractivity contribution in [1.29, 1.82) is 0 Å². The summed E-state index contributed by atoms with van der Waals surface area (Å²) in [6, 6.07) is 6.30. The molecular weight excluding hydrogens is 497 g/mol. The van der Waals surface area contributed by atoms with Crippen molar-refractivity contribution >= 4 is 52.4 Å². The minimum atomic E-state index is -4.31. The van der Waals surface area contributed by atoms with Crippen LogP contribution in [0.5, 0.6) is 5.75 Å². The summed E-state index contributed by atoms with van der Waals surface area (Å²) in [6.45, 7) is 0.396. The number of aromatic nitrogens is 2. The van der Waals surface area contributed by atoms with Crippen molar-refractivity contribution in [2.24, 2.45) is 10.7 Å². The van der Waals surface area contributed by atoms with Crippen molar-refractivity contribution in [3.05, 3.63) is 50.9 Å². The Kier molecular flexibility index (Phi) is 5.93. The maximum atomic E-state index is 13.4. The van der Waals surface area contributed by atoms with E-state index in [1.807, 2.05) is 5.38 Å². The Hall–Kier alpha value is -2.79. The highest BCUT2D eigenvalue weighted by Gasteiger charge is 2.34. The average Bonchev–Trinajstić information content (AvgIpc) is 3.26. The minimum Gasteiger partial charge on any atom is -0.505 e. The van der Waals surface area contributed by atoms with E-state index in [1.54, 1.807) is 17.5 Å². The number of aromatic hydroxyl groups is 1. The molecule has 0 saturated heterocycles. The van der Waals surface area contributed by atoms with Gasteiger partial charge in [-0.3, -0.25) is 9.36 Å². The fourth-order valence-corrected chi connectivity index (χ4v) is 6.36. The summed E-state index contributed by atoms with van der Waals surface area (Å²) in [7, 11) is -5.68. The summed E-state index contributed by atoms with van der Waals surface area (Å²) in [5.41, 5.74) is 0.719. The van der Waals surface area contributed by atoms with E-state index in [-0.39, 0.29) is 28.1 Å². The number of fused-ring (bicyclic) bond motifs is 1. The van der Waals surface area contributed by atoms with E-state index in [0.717, 1.165) is 19.3 Å². The topological polar surface area (TPSA) is 146 Å². The van der Waals surface area contributed by atoms with Gasteiger partial charge in [0.15, 0.2) is 11.6 Å². The number of rotatable bonds is 6. The SMILES string of the molecule is CS(=O)Nc1ccc2c(c1)P(=O)(O)N=C(c1c(O)c(-c3ccsc3)nn(CC3CCC3)c1=O)N2. The number of nitrogens with one attached hydrogen (secondary N) is 2. The van der Waals surface area contributed by atoms with Gasteiger partial charge in [-0.15, -0.1) is 0 Å². The Bertz CT molecular complexity index is 1430. The largest absolute Gasteiger partial charge is 0.505 e. The van der Waals surface area contributed by atoms with E-state index >= 15 is 0 Å². The molecule has 1 aliphatic heterocycles. The standard InChI is InChI=1S/C21H22N5O5PS2/c1-34(31)25-14-5-6-15-16(9-14)32(29,30)24-20(22-15)17-19(27)18(13-7-8-33-11-13)23-26(21(17)28)10-12-3-2-4-12/h5-9,11-12,25,27H,2-4,10H2,1H3,(H2,22,24,29,30). The lowest BCUT2D eigenvalue weighted by molar-refractivity contribution is 0.261. The van der Waals surface area contributed by atoms with Crippen molar-refractivity contribution in [2.75, 3.05) is 16.3 Å². The summed E-state index contributed by atoms with van der Waals surface area (Å²) >= 11 is 1.42. The summed E-state index contributed by atoms with van der Waals surface area (Å²) in [4.78, 5) is 24.1. The van der Waals surface area contributed by atoms with Crippen molar-refractivity contribution in [1.82, 2.24) is 9.78 Å². The lowest BCUT2D eigenvalue weighted by Gasteiger charge is -2.26. The molecule has 2 unspecified atom stereocenters. The average molecular weight is 520 g/mol. The second-order valence-corrected chi connectivity index (χ2v) is 11.9. The molecule has 2 aliphatic rings. The zero-order chi connectivity index (χ0) is 24.0. The summed E-state index contributed by atoms with van der Waals surface area (Å²) in [5, 5.41) is 22.1. The first-order valence-corrected chi connectivity index (χ1v) is 14.7. The molecule has 178 valence electrons. The zero-order valence-electron chi connectivity index (χ0n) is 18.1. The summed E-state index contributed by atoms with van der Waals surface area (Å²) in [6.07, 6.45) is 4.53. The first-order valence-electron chi connectivity index (χ1n) is 10.5. The van der Waals surface area contributed by atoms with Crippen LogP contribution in [0.25, 0.3) is 11.3 Å². The van der Waals surface area contributed by atoms with Gasteiger partial charge in [-0.05, 0) is 48.4 Å². The smallest absolute Gasteiger partial charge is 0.346 e. The van der Waals surface area contributed by atoms with Gasteiger partial charge in [0.05, 0.1) is 11.0 Å². The molecule has 34 heavy (non-hydrogen) atoms. The highest BCUT2D eigenvalue weighted by molar-refractivity contribution is 7.85. The molecule has 2 aromatic heterocycles. The maximum absolute atomic E-state index is 13.4. The molecule has 0 spiro atoms. The van der Waals surface area contributed by atoms with Crippen LogP contribution in [-0.2, 0) is 22.1 Å². The second kappa shape index (κ2) is 8.77. The lowest BCUT2D eigenvalue weighted by Crippen LogP contribution is -2.36. The van der Waals surface area contributed by atoms with Crippen LogP contribution in [0.2, 0.25) is 0 Å². The predicted molar refractivity (Wildman–Crippen MR) is 135 cm³/mol. The molecule has 0 radical (unpaired) electrons. The van der Waals surface area contributed by atoms with Crippen LogP contribution in [0.3, 0.4) is 0 Å². The highest BCUT2D eigenvalue weighted by atomic mass is 32.2. The van der Waals surface area contributed by atoms with Crippen LogP contribution in [0, 0.1) is 5.92 Å². The molecule has 1 aliphatic carbocycles. The summed E-state index contributed by atoms with van der Waals surface area (Å²) < 4.78 is 32.6. The number of nitrogens with zero attached hydrogens (tertiary/aromatic N) is 3. The van der Waals surface area contributed by atoms with E-state index in [0.29, 0.717) is 23.7 Å². The van der Waals surface area contributed by atoms with Gasteiger partial charge in [0.1, 0.15) is 22.2 Å². The second-order valence-electron chi connectivity index (χ2n) is 8.27. The van der Waals surface area contributed by atoms with E-state index in [9.17, 15) is 23.6 Å². The van der Waals surface area contributed by atoms with Crippen LogP contribution >= 0.6 is 18.9 Å². The minimum absolute atomic E-state index is 0.00750. The first kappa shape index (κ1) is 23.0. The van der Waals surface area contributed by atoms with Crippen molar-refractivity contribution in [2.45, 2.75) is 25.8 Å². The van der Waals surface area contributed by atoms with Gasteiger partial charge in [0, 0.05) is 29.4 Å². The fraction of sp³-hybridized carbons (Fsp3) is 0.286. The van der Waals surface area contributed by atoms with Crippen molar-refractivity contribution in [3.63, 3.8) is 0 Å². The monoisotopic (exact) mass is 519 g/mol. The number of amidine groups is 1. The molecule has 0 bridgehead atoms. The molecule has 3 aromatic rings. The van der Waals surface area contributed by atoms with Gasteiger partial charge >= 0.3 is 7.52 Å². The molecule has 5 rings (SSSR count). The number of benzene rings is 1. The molecule has 1 saturated carbocycles. The quantitative estimate of drug-likeness (QED) is 0.366. The fourth-order valence-electron chi connectivity index (χ4n) is 3.98. The van der Waals surface area contributed by atoms with Crippen LogP contribution in [0.4, 0.5) is 11.4 Å². The Morgan fingerprint density at radius 2 is 2.15 bits per heavy atom. The molecule has 0 amide bonds. The van der Waals surface area contributed by atoms with Gasteiger partial charge in [-0.25, -0.2) is 8.89 Å². The molecule has 4 N–H and O–H groups in total. The highest BCUT2D eigenvalue weighted by Crippen LogP contribution is 2.47. The van der Waals surface area contributed by atoms with E-state index in [2.05, 4.69) is 19.9 Å². The number of thiophene rings is 1. The Morgan fingerprint density at radius 1 is 1.35 bits per heavy atom. The Labute approximate surface area is 201 Å². The van der Waals surface area contributed by atoms with Gasteiger partial charge in [-0.2, -0.15) is 21.2 Å². The molecule has 2 atom stereocenters. The van der Waals surface area contributed by atoms with Crippen LogP contribution in [0.1, 0.15) is 24.8 Å². The van der Waals surface area contributed by atoms with Gasteiger partial charge in [0.25, 0.3) is 5.56 Å². The number of hydrogen-bond acceptors (Lipinski definition) is 7. The maximum Gasteiger partial charge on any atom is 0.346 e. The lowest BCUT2D eigenvalue weighted by atomic mass is 9.85. The zero-order valence-corrected chi connectivity index (χ0v) is 20.6. The molecule has 13 heteroatoms. The molecule has 10 nitrogen and oxygen atoms in total. The number of anilines is 2. The molecule has 1 fully saturated rings. The van der Waals surface area contributed by atoms with Gasteiger partial charge < -0.3 is 20.0 Å². The normalized spacial score (nSPS) is 20.6. The molecular formula is C21H22N5O5PS2. The Morgan fingerprint density at radius 3 is 2.79 bits per heavy atom. The van der Waals surface area contributed by atoms with Gasteiger partial charge in [-0.1, -0.05) is 6.42 Å². The molecule has 1 aromatic carbocycles.